The van der Waals surface area contributed by atoms with Gasteiger partial charge in [0.15, 0.2) is 6.10 Å². The average Bonchev–Trinajstić information content (AvgIpc) is 2.62. The highest BCUT2D eigenvalue weighted by Crippen LogP contribution is 2.26. The van der Waals surface area contributed by atoms with E-state index >= 15 is 0 Å². The van der Waals surface area contributed by atoms with E-state index in [1.807, 2.05) is 13.0 Å². The number of fused-ring (bicyclic) bond motifs is 1. The summed E-state index contributed by atoms with van der Waals surface area (Å²) in [5, 5.41) is 2.91. The maximum atomic E-state index is 13.0. The summed E-state index contributed by atoms with van der Waals surface area (Å²) in [7, 11) is 0. The molecule has 2 atom stereocenters. The molecule has 3 nitrogen and oxygen atoms in total. The quantitative estimate of drug-likeness (QED) is 0.878. The molecule has 2 aromatic rings. The second kappa shape index (κ2) is 7.68. The van der Waals surface area contributed by atoms with Crippen molar-refractivity contribution in [1.29, 1.82) is 0 Å². The second-order valence-electron chi connectivity index (χ2n) is 6.68. The van der Waals surface area contributed by atoms with Crippen molar-refractivity contribution in [3.05, 3.63) is 65.0 Å². The molecular formula is C21H24FNO2. The van der Waals surface area contributed by atoms with Crippen molar-refractivity contribution in [2.24, 2.45) is 0 Å². The number of benzene rings is 2. The van der Waals surface area contributed by atoms with Gasteiger partial charge in [0.1, 0.15) is 11.6 Å². The molecule has 1 aliphatic carbocycles. The standard InChI is InChI=1S/C21H24FNO2/c1-14(16-7-10-19(22)11-8-16)23-21(24)15(2)25-20-12-9-17-5-3-4-6-18(17)13-20/h7-15H,3-6H2,1-2H3,(H,23,24). The number of hydrogen-bond donors (Lipinski definition) is 1. The van der Waals surface area contributed by atoms with Crippen molar-refractivity contribution >= 4 is 5.91 Å². The molecule has 0 bridgehead atoms. The molecule has 2 unspecified atom stereocenters. The summed E-state index contributed by atoms with van der Waals surface area (Å²) in [6.07, 6.45) is 4.06. The smallest absolute Gasteiger partial charge is 0.261 e. The van der Waals surface area contributed by atoms with Crippen LogP contribution in [0.4, 0.5) is 4.39 Å². The molecule has 132 valence electrons. The first-order valence-corrected chi connectivity index (χ1v) is 8.87. The molecule has 0 spiro atoms. The SMILES string of the molecule is CC(Oc1ccc2c(c1)CCCC2)C(=O)NC(C)c1ccc(F)cc1. The van der Waals surface area contributed by atoms with Crippen LogP contribution in [-0.4, -0.2) is 12.0 Å². The molecule has 0 aliphatic heterocycles. The number of hydrogen-bond acceptors (Lipinski definition) is 2. The number of carbonyl (C=O) groups excluding carboxylic acids is 1. The Labute approximate surface area is 148 Å². The van der Waals surface area contributed by atoms with Gasteiger partial charge >= 0.3 is 0 Å². The fourth-order valence-electron chi connectivity index (χ4n) is 3.21. The summed E-state index contributed by atoms with van der Waals surface area (Å²) in [4.78, 5) is 12.4. The lowest BCUT2D eigenvalue weighted by atomic mass is 9.92. The number of amides is 1. The van der Waals surface area contributed by atoms with Crippen molar-refractivity contribution in [3.63, 3.8) is 0 Å². The molecule has 2 aromatic carbocycles. The van der Waals surface area contributed by atoms with Gasteiger partial charge in [-0.15, -0.1) is 0 Å². The third-order valence-electron chi connectivity index (χ3n) is 4.73. The summed E-state index contributed by atoms with van der Waals surface area (Å²) in [5.41, 5.74) is 3.58. The van der Waals surface area contributed by atoms with E-state index in [1.54, 1.807) is 19.1 Å². The van der Waals surface area contributed by atoms with Crippen LogP contribution in [0.2, 0.25) is 0 Å². The highest BCUT2D eigenvalue weighted by Gasteiger charge is 2.19. The number of ether oxygens (including phenoxy) is 1. The molecule has 0 saturated heterocycles. The lowest BCUT2D eigenvalue weighted by Gasteiger charge is -2.21. The highest BCUT2D eigenvalue weighted by molar-refractivity contribution is 5.81. The Hall–Kier alpha value is -2.36. The predicted octanol–water partition coefficient (Wildman–Crippen LogP) is 4.35. The van der Waals surface area contributed by atoms with Crippen LogP contribution in [-0.2, 0) is 17.6 Å². The lowest BCUT2D eigenvalue weighted by molar-refractivity contribution is -0.127. The van der Waals surface area contributed by atoms with Crippen molar-refractivity contribution < 1.29 is 13.9 Å². The van der Waals surface area contributed by atoms with E-state index in [4.69, 9.17) is 4.74 Å². The van der Waals surface area contributed by atoms with E-state index in [2.05, 4.69) is 17.4 Å². The zero-order valence-electron chi connectivity index (χ0n) is 14.7. The van der Waals surface area contributed by atoms with Crippen LogP contribution in [0.15, 0.2) is 42.5 Å². The van der Waals surface area contributed by atoms with Gasteiger partial charge in [-0.05, 0) is 80.5 Å². The molecule has 4 heteroatoms. The molecule has 1 aliphatic rings. The normalized spacial score (nSPS) is 15.8. The minimum absolute atomic E-state index is 0.186. The molecule has 3 rings (SSSR count). The van der Waals surface area contributed by atoms with E-state index in [1.165, 1.54) is 36.1 Å². The zero-order valence-corrected chi connectivity index (χ0v) is 14.7. The Morgan fingerprint density at radius 1 is 1.04 bits per heavy atom. The van der Waals surface area contributed by atoms with E-state index in [9.17, 15) is 9.18 Å². The van der Waals surface area contributed by atoms with Crippen LogP contribution in [0.5, 0.6) is 5.75 Å². The van der Waals surface area contributed by atoms with Crippen LogP contribution in [0.3, 0.4) is 0 Å². The van der Waals surface area contributed by atoms with Gasteiger partial charge in [0.25, 0.3) is 5.91 Å². The Morgan fingerprint density at radius 3 is 2.44 bits per heavy atom. The number of aryl methyl sites for hydroxylation is 2. The Kier molecular flexibility index (Phi) is 5.37. The summed E-state index contributed by atoms with van der Waals surface area (Å²) >= 11 is 0. The molecule has 1 N–H and O–H groups in total. The zero-order chi connectivity index (χ0) is 17.8. The van der Waals surface area contributed by atoms with Gasteiger partial charge in [-0.3, -0.25) is 4.79 Å². The van der Waals surface area contributed by atoms with Gasteiger partial charge in [-0.25, -0.2) is 4.39 Å². The molecule has 25 heavy (non-hydrogen) atoms. The van der Waals surface area contributed by atoms with Crippen LogP contribution in [0.25, 0.3) is 0 Å². The van der Waals surface area contributed by atoms with Crippen molar-refractivity contribution in [3.8, 4) is 5.75 Å². The van der Waals surface area contributed by atoms with Gasteiger partial charge in [-0.1, -0.05) is 18.2 Å². The maximum Gasteiger partial charge on any atom is 0.261 e. The van der Waals surface area contributed by atoms with Crippen LogP contribution in [0.1, 0.15) is 49.4 Å². The summed E-state index contributed by atoms with van der Waals surface area (Å²) in [6.45, 7) is 3.61. The molecule has 0 fully saturated rings. The maximum absolute atomic E-state index is 13.0. The minimum atomic E-state index is -0.593. The van der Waals surface area contributed by atoms with Crippen molar-refractivity contribution in [2.45, 2.75) is 51.7 Å². The second-order valence-corrected chi connectivity index (χ2v) is 6.68. The molecule has 1 amide bonds. The first-order chi connectivity index (χ1) is 12.0. The van der Waals surface area contributed by atoms with Gasteiger partial charge in [0.2, 0.25) is 0 Å². The van der Waals surface area contributed by atoms with E-state index in [0.29, 0.717) is 0 Å². The average molecular weight is 341 g/mol. The Balaban J connectivity index is 1.59. The molecule has 0 radical (unpaired) electrons. The third kappa shape index (κ3) is 4.38. The van der Waals surface area contributed by atoms with Crippen LogP contribution < -0.4 is 10.1 Å². The third-order valence-corrected chi connectivity index (χ3v) is 4.73. The summed E-state index contributed by atoms with van der Waals surface area (Å²) in [6, 6.07) is 12.0. The topological polar surface area (TPSA) is 38.3 Å². The van der Waals surface area contributed by atoms with Crippen LogP contribution in [0, 0.1) is 5.82 Å². The summed E-state index contributed by atoms with van der Waals surface area (Å²) < 4.78 is 18.8. The minimum Gasteiger partial charge on any atom is -0.481 e. The fourth-order valence-corrected chi connectivity index (χ4v) is 3.21. The van der Waals surface area contributed by atoms with E-state index in [0.717, 1.165) is 24.2 Å². The monoisotopic (exact) mass is 341 g/mol. The van der Waals surface area contributed by atoms with Crippen molar-refractivity contribution in [1.82, 2.24) is 5.32 Å². The number of halogens is 1. The summed E-state index contributed by atoms with van der Waals surface area (Å²) in [5.74, 6) is 0.263. The van der Waals surface area contributed by atoms with Gasteiger partial charge in [0, 0.05) is 0 Å². The first-order valence-electron chi connectivity index (χ1n) is 8.87. The first kappa shape index (κ1) is 17.5. The van der Waals surface area contributed by atoms with E-state index < -0.39 is 6.10 Å². The Bertz CT molecular complexity index is 742. The Morgan fingerprint density at radius 2 is 1.72 bits per heavy atom. The fraction of sp³-hybridized carbons (Fsp3) is 0.381. The molecule has 0 saturated carbocycles. The van der Waals surface area contributed by atoms with Crippen LogP contribution >= 0.6 is 0 Å². The lowest BCUT2D eigenvalue weighted by Crippen LogP contribution is -2.37. The van der Waals surface area contributed by atoms with Gasteiger partial charge < -0.3 is 10.1 Å². The van der Waals surface area contributed by atoms with E-state index in [-0.39, 0.29) is 17.8 Å². The largest absolute Gasteiger partial charge is 0.481 e. The molecular weight excluding hydrogens is 317 g/mol. The predicted molar refractivity (Wildman–Crippen MR) is 96.1 cm³/mol. The number of nitrogens with one attached hydrogen (secondary N) is 1. The van der Waals surface area contributed by atoms with Crippen molar-refractivity contribution in [2.75, 3.05) is 0 Å². The highest BCUT2D eigenvalue weighted by atomic mass is 19.1. The number of rotatable bonds is 5. The molecule has 0 aromatic heterocycles. The molecule has 0 heterocycles. The van der Waals surface area contributed by atoms with Gasteiger partial charge in [0.05, 0.1) is 6.04 Å². The van der Waals surface area contributed by atoms with Gasteiger partial charge in [-0.2, -0.15) is 0 Å². The number of carbonyl (C=O) groups is 1.